The number of likely N-dealkylation sites (N-methyl/N-ethyl adjacent to an activating group) is 1. The molecule has 0 aromatic carbocycles. The van der Waals surface area contributed by atoms with Crippen molar-refractivity contribution in [2.45, 2.75) is 27.3 Å². The van der Waals surface area contributed by atoms with Gasteiger partial charge >= 0.3 is 0 Å². The zero-order valence-corrected chi connectivity index (χ0v) is 14.9. The van der Waals surface area contributed by atoms with Crippen molar-refractivity contribution < 1.29 is 9.53 Å². The molecule has 0 saturated carbocycles. The van der Waals surface area contributed by atoms with Gasteiger partial charge in [0.1, 0.15) is 5.75 Å². The number of carbonyl (C=O) groups excluding carboxylic acids is 1. The molecule has 0 spiro atoms. The normalized spacial score (nSPS) is 11.0. The predicted molar refractivity (Wildman–Crippen MR) is 92.6 cm³/mol. The smallest absolute Gasteiger partial charge is 0.246 e. The fourth-order valence-electron chi connectivity index (χ4n) is 2.27. The standard InChI is InChI=1S/C17H21N3O2S/c1-11-8-19-15(12(2)17(11)22-5)10-20(4)16(21)7-6-14-9-18-13(3)23-14/h6-9H,10H2,1-5H3. The van der Waals surface area contributed by atoms with Gasteiger partial charge in [-0.15, -0.1) is 11.3 Å². The minimum Gasteiger partial charge on any atom is -0.496 e. The Labute approximate surface area is 140 Å². The van der Waals surface area contributed by atoms with E-state index in [4.69, 9.17) is 4.74 Å². The van der Waals surface area contributed by atoms with Crippen LogP contribution in [0.15, 0.2) is 18.5 Å². The van der Waals surface area contributed by atoms with E-state index in [0.29, 0.717) is 6.54 Å². The van der Waals surface area contributed by atoms with Crippen molar-refractivity contribution in [1.82, 2.24) is 14.9 Å². The Morgan fingerprint density at radius 1 is 1.30 bits per heavy atom. The van der Waals surface area contributed by atoms with E-state index in [9.17, 15) is 4.79 Å². The molecular formula is C17H21N3O2S. The van der Waals surface area contributed by atoms with Crippen LogP contribution in [-0.2, 0) is 11.3 Å². The molecule has 0 aliphatic heterocycles. The summed E-state index contributed by atoms with van der Waals surface area (Å²) in [7, 11) is 3.41. The first-order valence-electron chi connectivity index (χ1n) is 7.27. The van der Waals surface area contributed by atoms with Gasteiger partial charge in [0.15, 0.2) is 0 Å². The number of pyridine rings is 1. The minimum atomic E-state index is -0.0724. The van der Waals surface area contributed by atoms with Gasteiger partial charge in [-0.2, -0.15) is 0 Å². The predicted octanol–water partition coefficient (Wildman–Crippen LogP) is 3.14. The fraction of sp³-hybridized carbons (Fsp3) is 0.353. The summed E-state index contributed by atoms with van der Waals surface area (Å²) in [5.41, 5.74) is 2.79. The van der Waals surface area contributed by atoms with Crippen LogP contribution in [0, 0.1) is 20.8 Å². The lowest BCUT2D eigenvalue weighted by molar-refractivity contribution is -0.125. The Morgan fingerprint density at radius 3 is 2.65 bits per heavy atom. The first kappa shape index (κ1) is 17.1. The summed E-state index contributed by atoms with van der Waals surface area (Å²) in [6.45, 7) is 6.29. The van der Waals surface area contributed by atoms with Crippen molar-refractivity contribution in [3.63, 3.8) is 0 Å². The van der Waals surface area contributed by atoms with Crippen LogP contribution in [0.5, 0.6) is 5.75 Å². The third-order valence-electron chi connectivity index (χ3n) is 3.54. The second-order valence-corrected chi connectivity index (χ2v) is 6.62. The van der Waals surface area contributed by atoms with E-state index < -0.39 is 0 Å². The van der Waals surface area contributed by atoms with Gasteiger partial charge in [-0.1, -0.05) is 0 Å². The third kappa shape index (κ3) is 4.16. The topological polar surface area (TPSA) is 55.3 Å². The molecule has 0 unspecified atom stereocenters. The van der Waals surface area contributed by atoms with E-state index in [-0.39, 0.29) is 5.91 Å². The molecule has 0 aliphatic rings. The SMILES string of the molecule is COc1c(C)cnc(CN(C)C(=O)C=Cc2cnc(C)s2)c1C. The van der Waals surface area contributed by atoms with E-state index in [2.05, 4.69) is 9.97 Å². The second-order valence-electron chi connectivity index (χ2n) is 5.36. The van der Waals surface area contributed by atoms with Crippen LogP contribution in [0.2, 0.25) is 0 Å². The number of aromatic nitrogens is 2. The number of amides is 1. The molecule has 0 fully saturated rings. The molecule has 0 N–H and O–H groups in total. The van der Waals surface area contributed by atoms with Crippen LogP contribution in [-0.4, -0.2) is 34.9 Å². The van der Waals surface area contributed by atoms with Crippen molar-refractivity contribution in [3.8, 4) is 5.75 Å². The molecule has 0 atom stereocenters. The molecule has 5 nitrogen and oxygen atoms in total. The maximum atomic E-state index is 12.2. The van der Waals surface area contributed by atoms with Gasteiger partial charge in [0.2, 0.25) is 5.91 Å². The number of nitrogens with zero attached hydrogens (tertiary/aromatic N) is 3. The average molecular weight is 331 g/mol. The lowest BCUT2D eigenvalue weighted by atomic mass is 10.1. The lowest BCUT2D eigenvalue weighted by Gasteiger charge is -2.18. The molecule has 2 aromatic heterocycles. The van der Waals surface area contributed by atoms with Crippen molar-refractivity contribution in [1.29, 1.82) is 0 Å². The summed E-state index contributed by atoms with van der Waals surface area (Å²) in [4.78, 5) is 23.4. The Morgan fingerprint density at radius 2 is 2.04 bits per heavy atom. The summed E-state index contributed by atoms with van der Waals surface area (Å²) >= 11 is 1.56. The Bertz CT molecular complexity index is 737. The van der Waals surface area contributed by atoms with Gasteiger partial charge in [0.05, 0.1) is 24.4 Å². The van der Waals surface area contributed by atoms with E-state index in [1.807, 2.05) is 20.8 Å². The Balaban J connectivity index is 2.08. The number of ether oxygens (including phenoxy) is 1. The van der Waals surface area contributed by atoms with E-state index >= 15 is 0 Å². The molecule has 0 radical (unpaired) electrons. The van der Waals surface area contributed by atoms with E-state index in [0.717, 1.165) is 32.5 Å². The molecule has 122 valence electrons. The lowest BCUT2D eigenvalue weighted by Crippen LogP contribution is -2.25. The van der Waals surface area contributed by atoms with Crippen LogP contribution < -0.4 is 4.74 Å². The molecule has 2 heterocycles. The van der Waals surface area contributed by atoms with Gasteiger partial charge < -0.3 is 9.64 Å². The first-order valence-corrected chi connectivity index (χ1v) is 8.08. The third-order valence-corrected chi connectivity index (χ3v) is 4.42. The van der Waals surface area contributed by atoms with Crippen LogP contribution in [0.1, 0.15) is 26.7 Å². The van der Waals surface area contributed by atoms with Crippen molar-refractivity contribution >= 4 is 23.3 Å². The van der Waals surface area contributed by atoms with Gasteiger partial charge in [0, 0.05) is 41.5 Å². The molecule has 23 heavy (non-hydrogen) atoms. The minimum absolute atomic E-state index is 0.0724. The first-order chi connectivity index (χ1) is 10.9. The Kier molecular flexibility index (Phi) is 5.50. The Hall–Kier alpha value is -2.21. The number of aryl methyl sites for hydroxylation is 2. The summed E-state index contributed by atoms with van der Waals surface area (Å²) in [5, 5.41) is 0.983. The van der Waals surface area contributed by atoms with Gasteiger partial charge in [-0.3, -0.25) is 9.78 Å². The number of hydrogen-bond acceptors (Lipinski definition) is 5. The summed E-state index contributed by atoms with van der Waals surface area (Å²) in [5.74, 6) is 0.753. The molecule has 2 rings (SSSR count). The summed E-state index contributed by atoms with van der Waals surface area (Å²) in [6.07, 6.45) is 6.89. The maximum Gasteiger partial charge on any atom is 0.246 e. The molecule has 6 heteroatoms. The van der Waals surface area contributed by atoms with E-state index in [1.54, 1.807) is 54.9 Å². The van der Waals surface area contributed by atoms with E-state index in [1.165, 1.54) is 0 Å². The molecule has 0 saturated heterocycles. The van der Waals surface area contributed by atoms with Crippen molar-refractivity contribution in [2.24, 2.45) is 0 Å². The fourth-order valence-corrected chi connectivity index (χ4v) is 2.96. The van der Waals surface area contributed by atoms with Gasteiger partial charge in [-0.25, -0.2) is 4.98 Å². The van der Waals surface area contributed by atoms with Crippen LogP contribution in [0.25, 0.3) is 6.08 Å². The highest BCUT2D eigenvalue weighted by atomic mass is 32.1. The number of rotatable bonds is 5. The highest BCUT2D eigenvalue weighted by Gasteiger charge is 2.13. The molecule has 2 aromatic rings. The van der Waals surface area contributed by atoms with Gasteiger partial charge in [0.25, 0.3) is 0 Å². The van der Waals surface area contributed by atoms with Gasteiger partial charge in [-0.05, 0) is 26.8 Å². The zero-order chi connectivity index (χ0) is 17.0. The summed E-state index contributed by atoms with van der Waals surface area (Å²) in [6, 6.07) is 0. The number of thiazole rings is 1. The molecular weight excluding hydrogens is 310 g/mol. The molecule has 0 bridgehead atoms. The quantitative estimate of drug-likeness (QED) is 0.790. The van der Waals surface area contributed by atoms with Crippen LogP contribution in [0.3, 0.4) is 0 Å². The monoisotopic (exact) mass is 331 g/mol. The number of carbonyl (C=O) groups is 1. The average Bonchev–Trinajstić information content (AvgIpc) is 2.93. The number of hydrogen-bond donors (Lipinski definition) is 0. The highest BCUT2D eigenvalue weighted by Crippen LogP contribution is 2.24. The maximum absolute atomic E-state index is 12.2. The van der Waals surface area contributed by atoms with Crippen LogP contribution in [0.4, 0.5) is 0 Å². The van der Waals surface area contributed by atoms with Crippen molar-refractivity contribution in [3.05, 3.63) is 45.2 Å². The number of methoxy groups -OCH3 is 1. The molecule has 0 aliphatic carbocycles. The second kappa shape index (κ2) is 7.37. The largest absolute Gasteiger partial charge is 0.496 e. The summed E-state index contributed by atoms with van der Waals surface area (Å²) < 4.78 is 5.40. The molecule has 1 amide bonds. The zero-order valence-electron chi connectivity index (χ0n) is 14.1. The van der Waals surface area contributed by atoms with Crippen LogP contribution >= 0.6 is 11.3 Å². The van der Waals surface area contributed by atoms with Crippen molar-refractivity contribution in [2.75, 3.05) is 14.2 Å². The highest BCUT2D eigenvalue weighted by molar-refractivity contribution is 7.12.